The number of allylic oxidation sites excluding steroid dienone is 2. The minimum Gasteiger partial charge on any atom is -0.456 e. The van der Waals surface area contributed by atoms with Gasteiger partial charge in [-0.05, 0) is 31.0 Å². The van der Waals surface area contributed by atoms with Crippen LogP contribution in [-0.4, -0.2) is 56.4 Å². The fourth-order valence-corrected chi connectivity index (χ4v) is 4.34. The number of nitrogens with zero attached hydrogens (tertiary/aromatic N) is 1. The van der Waals surface area contributed by atoms with Gasteiger partial charge in [0, 0.05) is 12.8 Å². The molecular weight excluding hydrogens is 448 g/mol. The molecule has 166 valence electrons. The van der Waals surface area contributed by atoms with Crippen LogP contribution in [0.2, 0.25) is 5.02 Å². The average Bonchev–Trinajstić information content (AvgIpc) is 2.96. The van der Waals surface area contributed by atoms with Crippen molar-refractivity contribution in [2.24, 2.45) is 11.8 Å². The zero-order chi connectivity index (χ0) is 22.8. The third-order valence-electron chi connectivity index (χ3n) is 5.14. The van der Waals surface area contributed by atoms with Gasteiger partial charge in [0.15, 0.2) is 16.4 Å². The molecule has 1 aliphatic carbocycles. The Morgan fingerprint density at radius 2 is 1.77 bits per heavy atom. The van der Waals surface area contributed by atoms with Crippen molar-refractivity contribution in [3.8, 4) is 0 Å². The molecule has 0 bridgehead atoms. The third-order valence-corrected chi connectivity index (χ3v) is 6.58. The highest BCUT2D eigenvalue weighted by atomic mass is 35.5. The fourth-order valence-electron chi connectivity index (χ4n) is 3.53. The molecule has 1 saturated heterocycles. The van der Waals surface area contributed by atoms with Gasteiger partial charge < -0.3 is 10.1 Å². The second-order valence-electron chi connectivity index (χ2n) is 7.36. The summed E-state index contributed by atoms with van der Waals surface area (Å²) in [5.41, 5.74) is 0.0649. The molecule has 1 heterocycles. The van der Waals surface area contributed by atoms with E-state index in [0.29, 0.717) is 12.8 Å². The van der Waals surface area contributed by atoms with Gasteiger partial charge in [-0.1, -0.05) is 23.8 Å². The SMILES string of the molecule is CS(=O)(=O)c1ccc(Cl)c(NC(=O)COC(=O)CCN2C(=O)C3CC=CCC3C2=O)c1. The molecule has 1 aliphatic heterocycles. The predicted molar refractivity (Wildman–Crippen MR) is 111 cm³/mol. The molecule has 9 nitrogen and oxygen atoms in total. The van der Waals surface area contributed by atoms with Crippen LogP contribution >= 0.6 is 11.6 Å². The number of anilines is 1. The van der Waals surface area contributed by atoms with Gasteiger partial charge in [0.05, 0.1) is 33.9 Å². The molecule has 0 spiro atoms. The number of benzene rings is 1. The van der Waals surface area contributed by atoms with E-state index in [9.17, 15) is 27.6 Å². The van der Waals surface area contributed by atoms with Gasteiger partial charge in [0.1, 0.15) is 0 Å². The first-order valence-corrected chi connectivity index (χ1v) is 11.8. The second-order valence-corrected chi connectivity index (χ2v) is 9.78. The van der Waals surface area contributed by atoms with Crippen molar-refractivity contribution in [2.75, 3.05) is 24.7 Å². The smallest absolute Gasteiger partial charge is 0.308 e. The van der Waals surface area contributed by atoms with Crippen LogP contribution in [0.3, 0.4) is 0 Å². The number of ether oxygens (including phenoxy) is 1. The summed E-state index contributed by atoms with van der Waals surface area (Å²) in [6.45, 7) is -0.733. The van der Waals surface area contributed by atoms with Crippen LogP contribution in [0.5, 0.6) is 0 Å². The number of nitrogens with one attached hydrogen (secondary N) is 1. The Balaban J connectivity index is 1.49. The highest BCUT2D eigenvalue weighted by Gasteiger charge is 2.46. The lowest BCUT2D eigenvalue weighted by molar-refractivity contribution is -0.148. The van der Waals surface area contributed by atoms with Gasteiger partial charge in [-0.2, -0.15) is 0 Å². The Morgan fingerprint density at radius 1 is 1.16 bits per heavy atom. The van der Waals surface area contributed by atoms with E-state index >= 15 is 0 Å². The molecule has 1 aromatic carbocycles. The summed E-state index contributed by atoms with van der Waals surface area (Å²) in [4.78, 5) is 49.8. The maximum absolute atomic E-state index is 12.4. The van der Waals surface area contributed by atoms with E-state index in [0.717, 1.165) is 11.2 Å². The summed E-state index contributed by atoms with van der Waals surface area (Å²) in [6.07, 6.45) is 5.56. The molecule has 0 radical (unpaired) electrons. The molecule has 2 unspecified atom stereocenters. The van der Waals surface area contributed by atoms with Crippen molar-refractivity contribution >= 4 is 50.8 Å². The number of fused-ring (bicyclic) bond motifs is 1. The van der Waals surface area contributed by atoms with Gasteiger partial charge in [-0.15, -0.1) is 0 Å². The number of hydrogen-bond acceptors (Lipinski definition) is 7. The maximum Gasteiger partial charge on any atom is 0.308 e. The molecule has 0 saturated carbocycles. The lowest BCUT2D eigenvalue weighted by Gasteiger charge is -2.14. The fraction of sp³-hybridized carbons (Fsp3) is 0.400. The lowest BCUT2D eigenvalue weighted by Crippen LogP contribution is -2.33. The van der Waals surface area contributed by atoms with E-state index in [2.05, 4.69) is 5.32 Å². The summed E-state index contributed by atoms with van der Waals surface area (Å²) in [6, 6.07) is 3.84. The largest absolute Gasteiger partial charge is 0.456 e. The van der Waals surface area contributed by atoms with Gasteiger partial charge in [0.25, 0.3) is 5.91 Å². The number of halogens is 1. The minimum atomic E-state index is -3.50. The average molecular weight is 469 g/mol. The van der Waals surface area contributed by atoms with Crippen LogP contribution in [0.4, 0.5) is 5.69 Å². The van der Waals surface area contributed by atoms with Crippen LogP contribution in [0.15, 0.2) is 35.2 Å². The number of hydrogen-bond donors (Lipinski definition) is 1. The molecule has 31 heavy (non-hydrogen) atoms. The van der Waals surface area contributed by atoms with E-state index < -0.39 is 28.3 Å². The number of carbonyl (C=O) groups is 4. The van der Waals surface area contributed by atoms with E-state index in [-0.39, 0.29) is 52.2 Å². The van der Waals surface area contributed by atoms with E-state index in [1.54, 1.807) is 0 Å². The second kappa shape index (κ2) is 9.19. The first-order chi connectivity index (χ1) is 14.6. The summed E-state index contributed by atoms with van der Waals surface area (Å²) in [5.74, 6) is -2.78. The standard InChI is InChI=1S/C20H21ClN2O7S/c1-31(28,29)12-6-7-15(21)16(10-12)22-17(24)11-30-18(25)8-9-23-19(26)13-4-2-3-5-14(13)20(23)27/h2-3,6-7,10,13-14H,4-5,8-9,11H2,1H3,(H,22,24). The Kier molecular flexibility index (Phi) is 6.80. The van der Waals surface area contributed by atoms with E-state index in [1.807, 2.05) is 12.2 Å². The van der Waals surface area contributed by atoms with Crippen LogP contribution in [-0.2, 0) is 33.8 Å². The van der Waals surface area contributed by atoms with Gasteiger partial charge in [-0.25, -0.2) is 8.42 Å². The maximum atomic E-state index is 12.4. The normalized spacial score (nSPS) is 20.5. The predicted octanol–water partition coefficient (Wildman–Crippen LogP) is 1.57. The van der Waals surface area contributed by atoms with Crippen molar-refractivity contribution < 1.29 is 32.3 Å². The Morgan fingerprint density at radius 3 is 2.35 bits per heavy atom. The summed E-state index contributed by atoms with van der Waals surface area (Å²) < 4.78 is 28.1. The Labute approximate surface area is 184 Å². The topological polar surface area (TPSA) is 127 Å². The van der Waals surface area contributed by atoms with Crippen LogP contribution in [0, 0.1) is 11.8 Å². The van der Waals surface area contributed by atoms with Crippen molar-refractivity contribution in [1.82, 2.24) is 4.90 Å². The first kappa shape index (κ1) is 23.0. The van der Waals surface area contributed by atoms with Crippen LogP contribution in [0.1, 0.15) is 19.3 Å². The molecule has 2 atom stereocenters. The highest BCUT2D eigenvalue weighted by molar-refractivity contribution is 7.90. The molecule has 1 N–H and O–H groups in total. The van der Waals surface area contributed by atoms with Crippen molar-refractivity contribution in [3.05, 3.63) is 35.4 Å². The Bertz CT molecular complexity index is 1040. The van der Waals surface area contributed by atoms with Gasteiger partial charge in [-0.3, -0.25) is 24.1 Å². The van der Waals surface area contributed by atoms with E-state index in [1.165, 1.54) is 18.2 Å². The number of sulfone groups is 1. The molecule has 11 heteroatoms. The van der Waals surface area contributed by atoms with Crippen LogP contribution < -0.4 is 5.32 Å². The number of imide groups is 1. The molecular formula is C20H21ClN2O7S. The molecule has 3 rings (SSSR count). The molecule has 3 amide bonds. The van der Waals surface area contributed by atoms with Crippen molar-refractivity contribution in [2.45, 2.75) is 24.2 Å². The highest BCUT2D eigenvalue weighted by Crippen LogP contribution is 2.35. The lowest BCUT2D eigenvalue weighted by atomic mass is 9.85. The number of amides is 3. The Hall–Kier alpha value is -2.72. The zero-order valence-electron chi connectivity index (χ0n) is 16.7. The van der Waals surface area contributed by atoms with Gasteiger partial charge >= 0.3 is 5.97 Å². The number of rotatable bonds is 7. The molecule has 1 fully saturated rings. The first-order valence-electron chi connectivity index (χ1n) is 9.53. The van der Waals surface area contributed by atoms with Crippen molar-refractivity contribution in [1.29, 1.82) is 0 Å². The van der Waals surface area contributed by atoms with Crippen molar-refractivity contribution in [3.63, 3.8) is 0 Å². The zero-order valence-corrected chi connectivity index (χ0v) is 18.2. The minimum absolute atomic E-state index is 0.0279. The number of likely N-dealkylation sites (tertiary alicyclic amines) is 1. The molecule has 0 aromatic heterocycles. The van der Waals surface area contributed by atoms with Gasteiger partial charge in [0.2, 0.25) is 11.8 Å². The molecule has 2 aliphatic rings. The molecule has 1 aromatic rings. The quantitative estimate of drug-likeness (QED) is 0.365. The summed E-state index contributed by atoms with van der Waals surface area (Å²) >= 11 is 5.96. The van der Waals surface area contributed by atoms with Crippen LogP contribution in [0.25, 0.3) is 0 Å². The third kappa shape index (κ3) is 5.31. The number of esters is 1. The summed E-state index contributed by atoms with van der Waals surface area (Å²) in [7, 11) is -3.50. The number of carbonyl (C=O) groups excluding carboxylic acids is 4. The summed E-state index contributed by atoms with van der Waals surface area (Å²) in [5, 5.41) is 2.50. The van der Waals surface area contributed by atoms with E-state index in [4.69, 9.17) is 16.3 Å². The monoisotopic (exact) mass is 468 g/mol.